The number of ether oxygens (including phenoxy) is 2. The van der Waals surface area contributed by atoms with Crippen LogP contribution in [-0.4, -0.2) is 24.2 Å². The Hall–Kier alpha value is -0.390. The maximum Gasteiger partial charge on any atom is 0.200 e. The van der Waals surface area contributed by atoms with Crippen molar-refractivity contribution in [2.24, 2.45) is 0 Å². The molecule has 0 radical (unpaired) electrons. The lowest BCUT2D eigenvalue weighted by Gasteiger charge is -2.40. The summed E-state index contributed by atoms with van der Waals surface area (Å²) in [5.74, 6) is -2.06. The normalized spacial score (nSPS) is 26.1. The van der Waals surface area contributed by atoms with Crippen molar-refractivity contribution in [1.29, 1.82) is 0 Å². The number of hydrogen-bond donors (Lipinski definition) is 0. The molecule has 1 aromatic carbocycles. The molecule has 1 aliphatic carbocycles. The van der Waals surface area contributed by atoms with Gasteiger partial charge in [0.1, 0.15) is 12.2 Å². The van der Waals surface area contributed by atoms with Gasteiger partial charge in [-0.3, -0.25) is 0 Å². The molecule has 0 N–H and O–H groups in total. The van der Waals surface area contributed by atoms with E-state index in [1.54, 1.807) is 0 Å². The van der Waals surface area contributed by atoms with E-state index in [0.29, 0.717) is 17.5 Å². The molecule has 1 aliphatic rings. The molecule has 2 nitrogen and oxygen atoms in total. The Morgan fingerprint density at radius 2 is 2.16 bits per heavy atom. The highest BCUT2D eigenvalue weighted by atomic mass is 79.9. The van der Waals surface area contributed by atoms with Gasteiger partial charge in [-0.25, -0.2) is 4.39 Å². The predicted octanol–water partition coefficient (Wildman–Crippen LogP) is 4.28. The maximum atomic E-state index is 13.6. The van der Waals surface area contributed by atoms with Crippen molar-refractivity contribution < 1.29 is 18.3 Å². The highest BCUT2D eigenvalue weighted by Crippen LogP contribution is 2.35. The molecule has 0 aromatic heterocycles. The van der Waals surface area contributed by atoms with Crippen LogP contribution in [0.2, 0.25) is 0 Å². The molecule has 0 heterocycles. The fourth-order valence-corrected chi connectivity index (χ4v) is 2.71. The van der Waals surface area contributed by atoms with Crippen LogP contribution in [0.15, 0.2) is 16.6 Å². The molecule has 0 bridgehead atoms. The van der Waals surface area contributed by atoms with Crippen molar-refractivity contribution in [3.8, 4) is 5.75 Å². The van der Waals surface area contributed by atoms with Crippen LogP contribution >= 0.6 is 27.5 Å². The van der Waals surface area contributed by atoms with Gasteiger partial charge in [0.25, 0.3) is 0 Å². The minimum atomic E-state index is -0.990. The van der Waals surface area contributed by atoms with Gasteiger partial charge in [0.05, 0.1) is 5.38 Å². The Morgan fingerprint density at radius 3 is 2.79 bits per heavy atom. The quantitative estimate of drug-likeness (QED) is 0.580. The summed E-state index contributed by atoms with van der Waals surface area (Å²) in [6.07, 6.45) is 0.816. The molecule has 106 valence electrons. The first-order valence-electron chi connectivity index (χ1n) is 6.09. The number of alkyl halides is 1. The molecule has 0 saturated heterocycles. The fraction of sp³-hybridized carbons (Fsp3) is 0.538. The standard InChI is InChI=1S/C13H14BrClF2O2/c1-2-3-18-13-8(15)6-11(13)19-10-5-7(14)4-9(16)12(10)17/h4-5,8,11,13H,2-3,6H2,1H3. The summed E-state index contributed by atoms with van der Waals surface area (Å²) in [7, 11) is 0. The molecule has 3 unspecified atom stereocenters. The molecule has 6 heteroatoms. The summed E-state index contributed by atoms with van der Waals surface area (Å²) in [4.78, 5) is 0. The smallest absolute Gasteiger partial charge is 0.200 e. The first-order chi connectivity index (χ1) is 9.02. The topological polar surface area (TPSA) is 18.5 Å². The summed E-state index contributed by atoms with van der Waals surface area (Å²) < 4.78 is 38.3. The van der Waals surface area contributed by atoms with Gasteiger partial charge in [-0.1, -0.05) is 22.9 Å². The molecular weight excluding hydrogens is 341 g/mol. The highest BCUT2D eigenvalue weighted by molar-refractivity contribution is 9.10. The summed E-state index contributed by atoms with van der Waals surface area (Å²) in [6, 6.07) is 2.45. The second-order valence-corrected chi connectivity index (χ2v) is 5.92. The van der Waals surface area contributed by atoms with Gasteiger partial charge in [0.2, 0.25) is 5.82 Å². The lowest BCUT2D eigenvalue weighted by Crippen LogP contribution is -2.52. The highest BCUT2D eigenvalue weighted by Gasteiger charge is 2.43. The summed E-state index contributed by atoms with van der Waals surface area (Å²) in [5.41, 5.74) is 0. The van der Waals surface area contributed by atoms with Gasteiger partial charge in [0, 0.05) is 17.5 Å². The van der Waals surface area contributed by atoms with Gasteiger partial charge in [0.15, 0.2) is 11.6 Å². The summed E-state index contributed by atoms with van der Waals surface area (Å²) in [6.45, 7) is 2.56. The number of hydrogen-bond acceptors (Lipinski definition) is 2. The van der Waals surface area contributed by atoms with Crippen LogP contribution in [0, 0.1) is 11.6 Å². The summed E-state index contributed by atoms with van der Waals surface area (Å²) in [5, 5.41) is -0.142. The average molecular weight is 356 g/mol. The molecule has 1 fully saturated rings. The minimum Gasteiger partial charge on any atom is -0.484 e. The molecule has 0 amide bonds. The van der Waals surface area contributed by atoms with Gasteiger partial charge >= 0.3 is 0 Å². The number of halogens is 4. The van der Waals surface area contributed by atoms with E-state index < -0.39 is 11.6 Å². The average Bonchev–Trinajstić information content (AvgIpc) is 2.35. The van der Waals surface area contributed by atoms with Crippen LogP contribution in [0.4, 0.5) is 8.78 Å². The Morgan fingerprint density at radius 1 is 1.42 bits per heavy atom. The first-order valence-corrected chi connectivity index (χ1v) is 7.32. The van der Waals surface area contributed by atoms with Crippen LogP contribution in [0.1, 0.15) is 19.8 Å². The molecular formula is C13H14BrClF2O2. The van der Waals surface area contributed by atoms with Crippen LogP contribution in [0.25, 0.3) is 0 Å². The molecule has 1 saturated carbocycles. The Labute approximate surface area is 124 Å². The van der Waals surface area contributed by atoms with Crippen molar-refractivity contribution in [1.82, 2.24) is 0 Å². The number of benzene rings is 1. The molecule has 0 spiro atoms. The van der Waals surface area contributed by atoms with Crippen molar-refractivity contribution in [2.75, 3.05) is 6.61 Å². The van der Waals surface area contributed by atoms with Crippen LogP contribution < -0.4 is 4.74 Å². The Kier molecular flexibility index (Phi) is 5.03. The largest absolute Gasteiger partial charge is 0.484 e. The van der Waals surface area contributed by atoms with Gasteiger partial charge in [-0.2, -0.15) is 4.39 Å². The van der Waals surface area contributed by atoms with Crippen LogP contribution in [0.3, 0.4) is 0 Å². The first kappa shape index (κ1) is 15.0. The van der Waals surface area contributed by atoms with Gasteiger partial charge in [-0.15, -0.1) is 11.6 Å². The second-order valence-electron chi connectivity index (χ2n) is 4.44. The molecule has 3 atom stereocenters. The Balaban J connectivity index is 2.05. The van der Waals surface area contributed by atoms with E-state index >= 15 is 0 Å². The third kappa shape index (κ3) is 3.38. The molecule has 1 aromatic rings. The summed E-state index contributed by atoms with van der Waals surface area (Å²) >= 11 is 9.13. The third-order valence-corrected chi connectivity index (χ3v) is 3.82. The van der Waals surface area contributed by atoms with E-state index in [9.17, 15) is 8.78 Å². The van der Waals surface area contributed by atoms with Crippen LogP contribution in [0.5, 0.6) is 5.75 Å². The third-order valence-electron chi connectivity index (χ3n) is 2.93. The van der Waals surface area contributed by atoms with E-state index in [-0.39, 0.29) is 23.3 Å². The Bertz CT molecular complexity index is 459. The molecule has 19 heavy (non-hydrogen) atoms. The second kappa shape index (κ2) is 6.37. The van der Waals surface area contributed by atoms with Gasteiger partial charge in [-0.05, 0) is 18.6 Å². The SMILES string of the molecule is CCCOC1C(Cl)CC1Oc1cc(Br)cc(F)c1F. The van der Waals surface area contributed by atoms with E-state index in [4.69, 9.17) is 21.1 Å². The number of rotatable bonds is 5. The lowest BCUT2D eigenvalue weighted by molar-refractivity contribution is -0.0809. The molecule has 2 rings (SSSR count). The van der Waals surface area contributed by atoms with Crippen molar-refractivity contribution in [3.05, 3.63) is 28.2 Å². The fourth-order valence-electron chi connectivity index (χ4n) is 1.89. The van der Waals surface area contributed by atoms with E-state index in [2.05, 4.69) is 15.9 Å². The van der Waals surface area contributed by atoms with E-state index in [0.717, 1.165) is 12.5 Å². The molecule has 0 aliphatic heterocycles. The zero-order valence-corrected chi connectivity index (χ0v) is 12.7. The zero-order valence-electron chi connectivity index (χ0n) is 10.3. The zero-order chi connectivity index (χ0) is 14.0. The predicted molar refractivity (Wildman–Crippen MR) is 72.8 cm³/mol. The van der Waals surface area contributed by atoms with Crippen molar-refractivity contribution >= 4 is 27.5 Å². The van der Waals surface area contributed by atoms with Gasteiger partial charge < -0.3 is 9.47 Å². The van der Waals surface area contributed by atoms with E-state index in [1.165, 1.54) is 6.07 Å². The van der Waals surface area contributed by atoms with Crippen molar-refractivity contribution in [2.45, 2.75) is 37.4 Å². The van der Waals surface area contributed by atoms with Crippen molar-refractivity contribution in [3.63, 3.8) is 0 Å². The lowest BCUT2D eigenvalue weighted by atomic mass is 9.91. The minimum absolute atomic E-state index is 0.120. The van der Waals surface area contributed by atoms with E-state index in [1.807, 2.05) is 6.92 Å². The monoisotopic (exact) mass is 354 g/mol. The maximum absolute atomic E-state index is 13.6. The van der Waals surface area contributed by atoms with Crippen LogP contribution in [-0.2, 0) is 4.74 Å².